The first-order valence-electron chi connectivity index (χ1n) is 6.57. The Morgan fingerprint density at radius 3 is 3.05 bits per heavy atom. The maximum atomic E-state index is 11.2. The van der Waals surface area contributed by atoms with Crippen LogP contribution in [0.5, 0.6) is 0 Å². The fourth-order valence-corrected chi connectivity index (χ4v) is 5.87. The number of carboxylic acid groups (broad SMARTS) is 1. The van der Waals surface area contributed by atoms with Gasteiger partial charge in [0.05, 0.1) is 5.39 Å². The summed E-state index contributed by atoms with van der Waals surface area (Å²) < 4.78 is 0. The Labute approximate surface area is 134 Å². The van der Waals surface area contributed by atoms with E-state index in [-0.39, 0.29) is 0 Å². The van der Waals surface area contributed by atoms with E-state index in [1.165, 1.54) is 29.2 Å². The second-order valence-electron chi connectivity index (χ2n) is 4.71. The SMILES string of the molecule is Cc1c(C(=O)O)sc2ncnc(NCC3CSCCS3)c12. The highest BCUT2D eigenvalue weighted by atomic mass is 32.2. The molecule has 0 aromatic carbocycles. The van der Waals surface area contributed by atoms with Crippen molar-refractivity contribution in [2.45, 2.75) is 12.2 Å². The minimum absolute atomic E-state index is 0.344. The largest absolute Gasteiger partial charge is 0.477 e. The van der Waals surface area contributed by atoms with Crippen LogP contribution in [-0.2, 0) is 0 Å². The van der Waals surface area contributed by atoms with Crippen molar-refractivity contribution in [2.75, 3.05) is 29.1 Å². The highest BCUT2D eigenvalue weighted by molar-refractivity contribution is 8.06. The van der Waals surface area contributed by atoms with Gasteiger partial charge >= 0.3 is 5.97 Å². The molecule has 1 atom stereocenters. The first kappa shape index (κ1) is 14.9. The zero-order chi connectivity index (χ0) is 14.8. The molecule has 0 amide bonds. The molecule has 8 heteroatoms. The zero-order valence-electron chi connectivity index (χ0n) is 11.5. The van der Waals surface area contributed by atoms with E-state index in [4.69, 9.17) is 0 Å². The van der Waals surface area contributed by atoms with Crippen LogP contribution in [0, 0.1) is 6.92 Å². The Balaban J connectivity index is 1.86. The minimum Gasteiger partial charge on any atom is -0.477 e. The summed E-state index contributed by atoms with van der Waals surface area (Å²) in [6.45, 7) is 2.67. The Bertz CT molecular complexity index is 668. The number of nitrogens with zero attached hydrogens (tertiary/aromatic N) is 2. The molecule has 3 rings (SSSR count). The normalized spacial score (nSPS) is 18.8. The van der Waals surface area contributed by atoms with Gasteiger partial charge in [-0.15, -0.1) is 11.3 Å². The molecule has 21 heavy (non-hydrogen) atoms. The zero-order valence-corrected chi connectivity index (χ0v) is 13.9. The van der Waals surface area contributed by atoms with Crippen molar-refractivity contribution in [3.63, 3.8) is 0 Å². The number of aromatic nitrogens is 2. The van der Waals surface area contributed by atoms with Gasteiger partial charge in [0.25, 0.3) is 0 Å². The molecule has 0 saturated carbocycles. The van der Waals surface area contributed by atoms with Gasteiger partial charge in [-0.2, -0.15) is 23.5 Å². The van der Waals surface area contributed by atoms with Crippen molar-refractivity contribution in [2.24, 2.45) is 0 Å². The average Bonchev–Trinajstić information content (AvgIpc) is 2.84. The lowest BCUT2D eigenvalue weighted by atomic mass is 10.2. The highest BCUT2D eigenvalue weighted by Crippen LogP contribution is 2.33. The Hall–Kier alpha value is -0.990. The third-order valence-electron chi connectivity index (χ3n) is 3.30. The van der Waals surface area contributed by atoms with Crippen molar-refractivity contribution >= 4 is 56.9 Å². The van der Waals surface area contributed by atoms with E-state index < -0.39 is 5.97 Å². The summed E-state index contributed by atoms with van der Waals surface area (Å²) >= 11 is 5.18. The molecular formula is C13H15N3O2S3. The van der Waals surface area contributed by atoms with Crippen molar-refractivity contribution in [1.29, 1.82) is 0 Å². The number of fused-ring (bicyclic) bond motifs is 1. The van der Waals surface area contributed by atoms with Crippen LogP contribution in [0.4, 0.5) is 5.82 Å². The molecule has 1 aliphatic heterocycles. The van der Waals surface area contributed by atoms with Crippen molar-refractivity contribution < 1.29 is 9.90 Å². The van der Waals surface area contributed by atoms with Gasteiger partial charge in [0.1, 0.15) is 21.9 Å². The van der Waals surface area contributed by atoms with Crippen molar-refractivity contribution in [3.05, 3.63) is 16.8 Å². The number of thioether (sulfide) groups is 2. The van der Waals surface area contributed by atoms with Crippen LogP contribution in [0.1, 0.15) is 15.2 Å². The lowest BCUT2D eigenvalue weighted by molar-refractivity contribution is 0.0701. The summed E-state index contributed by atoms with van der Waals surface area (Å²) in [5, 5.41) is 14.0. The van der Waals surface area contributed by atoms with Gasteiger partial charge in [-0.3, -0.25) is 0 Å². The topological polar surface area (TPSA) is 75.1 Å². The maximum Gasteiger partial charge on any atom is 0.346 e. The van der Waals surface area contributed by atoms with Crippen LogP contribution < -0.4 is 5.32 Å². The number of hydrogen-bond acceptors (Lipinski definition) is 7. The number of aryl methyl sites for hydroxylation is 1. The number of thiophene rings is 1. The summed E-state index contributed by atoms with van der Waals surface area (Å²) in [7, 11) is 0. The van der Waals surface area contributed by atoms with Gasteiger partial charge in [-0.25, -0.2) is 14.8 Å². The van der Waals surface area contributed by atoms with Crippen LogP contribution in [0.2, 0.25) is 0 Å². The fraction of sp³-hybridized carbons (Fsp3) is 0.462. The summed E-state index contributed by atoms with van der Waals surface area (Å²) in [6.07, 6.45) is 1.50. The van der Waals surface area contributed by atoms with Gasteiger partial charge in [0.2, 0.25) is 0 Å². The predicted molar refractivity (Wildman–Crippen MR) is 91.2 cm³/mol. The molecule has 1 saturated heterocycles. The molecule has 0 bridgehead atoms. The number of rotatable bonds is 4. The smallest absolute Gasteiger partial charge is 0.346 e. The Morgan fingerprint density at radius 1 is 1.48 bits per heavy atom. The number of carbonyl (C=O) groups is 1. The lowest BCUT2D eigenvalue weighted by Gasteiger charge is -2.21. The summed E-state index contributed by atoms with van der Waals surface area (Å²) in [5.74, 6) is 3.41. The van der Waals surface area contributed by atoms with Crippen LogP contribution in [-0.4, -0.2) is 50.1 Å². The molecule has 3 heterocycles. The molecule has 2 N–H and O–H groups in total. The molecule has 0 spiro atoms. The molecule has 1 unspecified atom stereocenters. The van der Waals surface area contributed by atoms with Gasteiger partial charge in [0.15, 0.2) is 0 Å². The van der Waals surface area contributed by atoms with Crippen LogP contribution >= 0.6 is 34.9 Å². The number of aromatic carboxylic acids is 1. The maximum absolute atomic E-state index is 11.2. The van der Waals surface area contributed by atoms with E-state index in [1.54, 1.807) is 0 Å². The third-order valence-corrected chi connectivity index (χ3v) is 7.34. The first-order valence-corrected chi connectivity index (χ1v) is 9.59. The van der Waals surface area contributed by atoms with Gasteiger partial charge in [0, 0.05) is 29.1 Å². The van der Waals surface area contributed by atoms with Crippen molar-refractivity contribution in [1.82, 2.24) is 9.97 Å². The molecule has 2 aromatic heterocycles. The molecule has 5 nitrogen and oxygen atoms in total. The second kappa shape index (κ2) is 6.41. The van der Waals surface area contributed by atoms with E-state index in [0.717, 1.165) is 33.9 Å². The standard InChI is InChI=1S/C13H15N3O2S3/c1-7-9-11(14-4-8-5-19-2-3-20-8)15-6-16-12(9)21-10(7)13(17)18/h6,8H,2-5H2,1H3,(H,17,18)(H,14,15,16). The number of anilines is 1. The second-order valence-corrected chi connectivity index (χ2v) is 8.27. The Kier molecular flexibility index (Phi) is 4.56. The molecule has 0 radical (unpaired) electrons. The monoisotopic (exact) mass is 341 g/mol. The Morgan fingerprint density at radius 2 is 2.33 bits per heavy atom. The number of carboxylic acids is 1. The quantitative estimate of drug-likeness (QED) is 0.885. The summed E-state index contributed by atoms with van der Waals surface area (Å²) in [4.78, 5) is 20.8. The van der Waals surface area contributed by atoms with E-state index in [1.807, 2.05) is 30.4 Å². The first-order chi connectivity index (χ1) is 10.2. The average molecular weight is 341 g/mol. The molecule has 2 aromatic rings. The van der Waals surface area contributed by atoms with Gasteiger partial charge < -0.3 is 10.4 Å². The highest BCUT2D eigenvalue weighted by Gasteiger charge is 2.20. The molecular weight excluding hydrogens is 326 g/mol. The van der Waals surface area contributed by atoms with Gasteiger partial charge in [-0.1, -0.05) is 0 Å². The molecule has 1 fully saturated rings. The van der Waals surface area contributed by atoms with Crippen molar-refractivity contribution in [3.8, 4) is 0 Å². The predicted octanol–water partition coefficient (Wildman–Crippen LogP) is 2.96. The van der Waals surface area contributed by atoms with Crippen LogP contribution in [0.3, 0.4) is 0 Å². The number of nitrogens with one attached hydrogen (secondary N) is 1. The molecule has 0 aliphatic carbocycles. The summed E-state index contributed by atoms with van der Waals surface area (Å²) in [6, 6.07) is 0. The van der Waals surface area contributed by atoms with Gasteiger partial charge in [-0.05, 0) is 12.5 Å². The van der Waals surface area contributed by atoms with Crippen LogP contribution in [0.25, 0.3) is 10.2 Å². The fourth-order valence-electron chi connectivity index (χ4n) is 2.27. The van der Waals surface area contributed by atoms with Crippen LogP contribution in [0.15, 0.2) is 6.33 Å². The summed E-state index contributed by atoms with van der Waals surface area (Å²) in [5.41, 5.74) is 0.747. The molecule has 1 aliphatic rings. The van der Waals surface area contributed by atoms with E-state index in [9.17, 15) is 9.90 Å². The minimum atomic E-state index is -0.902. The molecule has 112 valence electrons. The van der Waals surface area contributed by atoms with E-state index in [0.29, 0.717) is 10.1 Å². The number of hydrogen-bond donors (Lipinski definition) is 2. The third kappa shape index (κ3) is 3.12. The van der Waals surface area contributed by atoms with E-state index in [2.05, 4.69) is 15.3 Å². The lowest BCUT2D eigenvalue weighted by Crippen LogP contribution is -2.23. The van der Waals surface area contributed by atoms with E-state index >= 15 is 0 Å².